The summed E-state index contributed by atoms with van der Waals surface area (Å²) in [6, 6.07) is 10.1. The van der Waals surface area contributed by atoms with Gasteiger partial charge in [0.1, 0.15) is 5.41 Å². The van der Waals surface area contributed by atoms with Gasteiger partial charge in [-0.3, -0.25) is 4.79 Å². The smallest absolute Gasteiger partial charge is 0.315 e. The third-order valence-electron chi connectivity index (χ3n) is 3.36. The lowest BCUT2D eigenvalue weighted by atomic mass is 9.87. The molecule has 1 aliphatic heterocycles. The predicted molar refractivity (Wildman–Crippen MR) is 68.0 cm³/mol. The number of rotatable bonds is 5. The third kappa shape index (κ3) is 2.89. The van der Waals surface area contributed by atoms with Gasteiger partial charge in [0.25, 0.3) is 0 Å². The molecule has 0 aromatic heterocycles. The summed E-state index contributed by atoms with van der Waals surface area (Å²) in [7, 11) is 1.43. The number of benzene rings is 1. The summed E-state index contributed by atoms with van der Waals surface area (Å²) in [5.41, 5.74) is 0.695. The molecule has 0 aliphatic carbocycles. The number of carbonyl (C=O) groups excluding carboxylic acids is 1. The van der Waals surface area contributed by atoms with Crippen LogP contribution in [-0.2, 0) is 20.8 Å². The standard InChI is InChI=1S/C14H19NO3/c1-17-13(16)14(7-8-18-11-14)10-15-9-12-5-3-2-4-6-12/h2-6,15H,7-11H2,1H3. The maximum absolute atomic E-state index is 11.8. The second-order valence-electron chi connectivity index (χ2n) is 4.66. The molecule has 0 bridgehead atoms. The molecule has 98 valence electrons. The summed E-state index contributed by atoms with van der Waals surface area (Å²) in [6.07, 6.45) is 0.724. The fourth-order valence-corrected chi connectivity index (χ4v) is 2.24. The van der Waals surface area contributed by atoms with Crippen LogP contribution in [0.15, 0.2) is 30.3 Å². The molecule has 4 heteroatoms. The van der Waals surface area contributed by atoms with Crippen LogP contribution in [0.5, 0.6) is 0 Å². The molecule has 18 heavy (non-hydrogen) atoms. The highest BCUT2D eigenvalue weighted by Gasteiger charge is 2.43. The minimum Gasteiger partial charge on any atom is -0.468 e. The highest BCUT2D eigenvalue weighted by molar-refractivity contribution is 5.77. The Kier molecular flexibility index (Phi) is 4.33. The van der Waals surface area contributed by atoms with E-state index >= 15 is 0 Å². The van der Waals surface area contributed by atoms with Crippen molar-refractivity contribution >= 4 is 5.97 Å². The first-order valence-electron chi connectivity index (χ1n) is 6.18. The van der Waals surface area contributed by atoms with Gasteiger partial charge in [-0.1, -0.05) is 30.3 Å². The van der Waals surface area contributed by atoms with Crippen molar-refractivity contribution in [1.29, 1.82) is 0 Å². The minimum absolute atomic E-state index is 0.180. The van der Waals surface area contributed by atoms with Gasteiger partial charge < -0.3 is 14.8 Å². The molecule has 1 atom stereocenters. The van der Waals surface area contributed by atoms with E-state index < -0.39 is 5.41 Å². The average molecular weight is 249 g/mol. The number of methoxy groups -OCH3 is 1. The highest BCUT2D eigenvalue weighted by Crippen LogP contribution is 2.29. The Morgan fingerprint density at radius 1 is 1.44 bits per heavy atom. The molecular formula is C14H19NO3. The molecule has 0 amide bonds. The zero-order chi connectivity index (χ0) is 12.8. The lowest BCUT2D eigenvalue weighted by Crippen LogP contribution is -2.42. The van der Waals surface area contributed by atoms with Crippen molar-refractivity contribution < 1.29 is 14.3 Å². The summed E-state index contributed by atoms with van der Waals surface area (Å²) in [6.45, 7) is 2.41. The fraction of sp³-hybridized carbons (Fsp3) is 0.500. The van der Waals surface area contributed by atoms with E-state index in [9.17, 15) is 4.79 Å². The van der Waals surface area contributed by atoms with Gasteiger partial charge in [0, 0.05) is 19.7 Å². The monoisotopic (exact) mass is 249 g/mol. The van der Waals surface area contributed by atoms with Crippen LogP contribution in [0.4, 0.5) is 0 Å². The predicted octanol–water partition coefficient (Wildman–Crippen LogP) is 1.36. The first-order chi connectivity index (χ1) is 8.77. The SMILES string of the molecule is COC(=O)C1(CNCc2ccccc2)CCOC1. The fourth-order valence-electron chi connectivity index (χ4n) is 2.24. The lowest BCUT2D eigenvalue weighted by Gasteiger charge is -2.24. The number of nitrogens with one attached hydrogen (secondary N) is 1. The molecule has 0 spiro atoms. The van der Waals surface area contributed by atoms with Crippen LogP contribution in [0.3, 0.4) is 0 Å². The number of hydrogen-bond acceptors (Lipinski definition) is 4. The summed E-state index contributed by atoms with van der Waals surface area (Å²) >= 11 is 0. The van der Waals surface area contributed by atoms with E-state index in [-0.39, 0.29) is 5.97 Å². The summed E-state index contributed by atoms with van der Waals surface area (Å²) in [5, 5.41) is 3.32. The molecule has 1 aliphatic rings. The van der Waals surface area contributed by atoms with Crippen LogP contribution >= 0.6 is 0 Å². The van der Waals surface area contributed by atoms with E-state index in [1.54, 1.807) is 0 Å². The first kappa shape index (κ1) is 13.1. The second kappa shape index (κ2) is 5.98. The van der Waals surface area contributed by atoms with Gasteiger partial charge in [0.15, 0.2) is 0 Å². The van der Waals surface area contributed by atoms with Crippen LogP contribution in [-0.4, -0.2) is 32.8 Å². The molecule has 2 rings (SSSR count). The first-order valence-corrected chi connectivity index (χ1v) is 6.18. The molecule has 1 N–H and O–H groups in total. The molecule has 1 fully saturated rings. The zero-order valence-corrected chi connectivity index (χ0v) is 10.6. The van der Waals surface area contributed by atoms with Crippen LogP contribution in [0.2, 0.25) is 0 Å². The largest absolute Gasteiger partial charge is 0.468 e. The van der Waals surface area contributed by atoms with Gasteiger partial charge in [-0.25, -0.2) is 0 Å². The number of carbonyl (C=O) groups is 1. The van der Waals surface area contributed by atoms with Gasteiger partial charge in [-0.05, 0) is 12.0 Å². The van der Waals surface area contributed by atoms with Crippen molar-refractivity contribution in [3.05, 3.63) is 35.9 Å². The Bertz CT molecular complexity index is 385. The third-order valence-corrected chi connectivity index (χ3v) is 3.36. The van der Waals surface area contributed by atoms with Gasteiger partial charge in [0.05, 0.1) is 13.7 Å². The molecule has 1 heterocycles. The van der Waals surface area contributed by atoms with E-state index in [1.165, 1.54) is 12.7 Å². The molecule has 0 saturated carbocycles. The van der Waals surface area contributed by atoms with Gasteiger partial charge >= 0.3 is 5.97 Å². The van der Waals surface area contributed by atoms with E-state index in [0.29, 0.717) is 19.8 Å². The van der Waals surface area contributed by atoms with Crippen molar-refractivity contribution in [2.45, 2.75) is 13.0 Å². The maximum Gasteiger partial charge on any atom is 0.315 e. The molecule has 1 aromatic rings. The van der Waals surface area contributed by atoms with Crippen LogP contribution < -0.4 is 5.32 Å². The molecule has 1 unspecified atom stereocenters. The van der Waals surface area contributed by atoms with Crippen molar-refractivity contribution in [2.24, 2.45) is 5.41 Å². The Hall–Kier alpha value is -1.39. The average Bonchev–Trinajstić information content (AvgIpc) is 2.89. The highest BCUT2D eigenvalue weighted by atomic mass is 16.5. The van der Waals surface area contributed by atoms with Crippen LogP contribution in [0.25, 0.3) is 0 Å². The molecule has 1 aromatic carbocycles. The summed E-state index contributed by atoms with van der Waals surface area (Å²) in [5.74, 6) is -0.180. The topological polar surface area (TPSA) is 47.6 Å². The number of ether oxygens (including phenoxy) is 2. The summed E-state index contributed by atoms with van der Waals surface area (Å²) in [4.78, 5) is 11.8. The van der Waals surface area contributed by atoms with Gasteiger partial charge in [-0.2, -0.15) is 0 Å². The van der Waals surface area contributed by atoms with E-state index in [4.69, 9.17) is 9.47 Å². The van der Waals surface area contributed by atoms with Crippen LogP contribution in [0, 0.1) is 5.41 Å². The van der Waals surface area contributed by atoms with Gasteiger partial charge in [0.2, 0.25) is 0 Å². The van der Waals surface area contributed by atoms with E-state index in [0.717, 1.165) is 13.0 Å². The zero-order valence-electron chi connectivity index (χ0n) is 10.6. The summed E-state index contributed by atoms with van der Waals surface area (Å²) < 4.78 is 10.2. The number of esters is 1. The Morgan fingerprint density at radius 3 is 2.83 bits per heavy atom. The normalized spacial score (nSPS) is 22.9. The minimum atomic E-state index is -0.510. The Balaban J connectivity index is 1.89. The van der Waals surface area contributed by atoms with Crippen molar-refractivity contribution in [1.82, 2.24) is 5.32 Å². The quantitative estimate of drug-likeness (QED) is 0.800. The van der Waals surface area contributed by atoms with Crippen molar-refractivity contribution in [3.8, 4) is 0 Å². The van der Waals surface area contributed by atoms with E-state index in [2.05, 4.69) is 17.4 Å². The van der Waals surface area contributed by atoms with E-state index in [1.807, 2.05) is 18.2 Å². The van der Waals surface area contributed by atoms with Crippen molar-refractivity contribution in [3.63, 3.8) is 0 Å². The second-order valence-corrected chi connectivity index (χ2v) is 4.66. The number of hydrogen-bond donors (Lipinski definition) is 1. The van der Waals surface area contributed by atoms with Crippen LogP contribution in [0.1, 0.15) is 12.0 Å². The lowest BCUT2D eigenvalue weighted by molar-refractivity contribution is -0.152. The maximum atomic E-state index is 11.8. The molecule has 0 radical (unpaired) electrons. The molecule has 4 nitrogen and oxygen atoms in total. The van der Waals surface area contributed by atoms with Crippen molar-refractivity contribution in [2.75, 3.05) is 26.9 Å². The molecular weight excluding hydrogens is 230 g/mol. The molecule has 1 saturated heterocycles. The Morgan fingerprint density at radius 2 is 2.22 bits per heavy atom. The van der Waals surface area contributed by atoms with Gasteiger partial charge in [-0.15, -0.1) is 0 Å². The Labute approximate surface area is 107 Å².